The number of hydrogen-bond donors (Lipinski definition) is 2. The molecule has 0 amide bonds. The summed E-state index contributed by atoms with van der Waals surface area (Å²) in [7, 11) is -2.11. The Morgan fingerprint density at radius 3 is 2.66 bits per heavy atom. The van der Waals surface area contributed by atoms with Crippen LogP contribution in [-0.2, 0) is 17.1 Å². The molecule has 2 heterocycles. The fraction of sp³-hybridized carbons (Fsp3) is 0.421. The first-order valence-electron chi connectivity index (χ1n) is 9.51. The zero-order chi connectivity index (χ0) is 20.6. The van der Waals surface area contributed by atoms with Crippen LogP contribution in [0.15, 0.2) is 47.6 Å². The molecule has 1 saturated carbocycles. The van der Waals surface area contributed by atoms with Crippen molar-refractivity contribution in [2.75, 3.05) is 0 Å². The molecule has 9 nitrogen and oxygen atoms in total. The highest BCUT2D eigenvalue weighted by Gasteiger charge is 2.35. The van der Waals surface area contributed by atoms with Crippen molar-refractivity contribution < 1.29 is 13.5 Å². The van der Waals surface area contributed by atoms with Crippen LogP contribution in [0.2, 0.25) is 0 Å². The van der Waals surface area contributed by atoms with Gasteiger partial charge in [-0.15, -0.1) is 0 Å². The Kier molecular flexibility index (Phi) is 5.24. The molecule has 0 unspecified atom stereocenters. The fourth-order valence-corrected chi connectivity index (χ4v) is 5.04. The summed E-state index contributed by atoms with van der Waals surface area (Å²) in [5.41, 5.74) is 0.904. The number of nitrogens with zero attached hydrogens (tertiary/aromatic N) is 5. The second-order valence-corrected chi connectivity index (χ2v) is 9.13. The Morgan fingerprint density at radius 1 is 1.21 bits per heavy atom. The maximum Gasteiger partial charge on any atom is 0.244 e. The van der Waals surface area contributed by atoms with E-state index in [1.54, 1.807) is 7.05 Å². The minimum atomic E-state index is -3.77. The molecule has 0 saturated heterocycles. The van der Waals surface area contributed by atoms with Crippen molar-refractivity contribution in [3.8, 4) is 5.69 Å². The van der Waals surface area contributed by atoms with Crippen LogP contribution in [0.3, 0.4) is 0 Å². The van der Waals surface area contributed by atoms with Gasteiger partial charge in [0.25, 0.3) is 0 Å². The zero-order valence-corrected chi connectivity index (χ0v) is 17.1. The van der Waals surface area contributed by atoms with Crippen molar-refractivity contribution in [2.45, 2.75) is 49.1 Å². The number of aryl methyl sites for hydroxylation is 2. The average Bonchev–Trinajstić information content (AvgIpc) is 3.30. The van der Waals surface area contributed by atoms with E-state index in [4.69, 9.17) is 0 Å². The highest BCUT2D eigenvalue weighted by Crippen LogP contribution is 2.34. The summed E-state index contributed by atoms with van der Waals surface area (Å²) < 4.78 is 31.3. The predicted molar refractivity (Wildman–Crippen MR) is 106 cm³/mol. The molecule has 2 aromatic heterocycles. The van der Waals surface area contributed by atoms with Crippen LogP contribution >= 0.6 is 0 Å². The van der Waals surface area contributed by atoms with Gasteiger partial charge in [0.15, 0.2) is 0 Å². The second-order valence-electron chi connectivity index (χ2n) is 7.42. The molecule has 29 heavy (non-hydrogen) atoms. The molecule has 1 aliphatic rings. The molecule has 2 N–H and O–H groups in total. The molecule has 0 spiro atoms. The lowest BCUT2D eigenvalue weighted by Gasteiger charge is -2.33. The third kappa shape index (κ3) is 4.09. The van der Waals surface area contributed by atoms with E-state index in [0.717, 1.165) is 11.5 Å². The number of para-hydroxylation sites is 1. The van der Waals surface area contributed by atoms with Gasteiger partial charge in [-0.1, -0.05) is 18.2 Å². The molecule has 4 rings (SSSR count). The van der Waals surface area contributed by atoms with Crippen molar-refractivity contribution >= 4 is 10.0 Å². The maximum absolute atomic E-state index is 12.7. The van der Waals surface area contributed by atoms with Crippen LogP contribution in [0.25, 0.3) is 5.69 Å². The fourth-order valence-electron chi connectivity index (χ4n) is 3.78. The summed E-state index contributed by atoms with van der Waals surface area (Å²) in [5, 5.41) is 18.9. The Morgan fingerprint density at radius 2 is 1.97 bits per heavy atom. The maximum atomic E-state index is 12.7. The first-order chi connectivity index (χ1) is 13.8. The largest absolute Gasteiger partial charge is 0.391 e. The summed E-state index contributed by atoms with van der Waals surface area (Å²) in [4.78, 5) is 4.69. The summed E-state index contributed by atoms with van der Waals surface area (Å²) in [5.74, 6) is 1.41. The molecule has 0 bridgehead atoms. The smallest absolute Gasteiger partial charge is 0.244 e. The third-order valence-corrected chi connectivity index (χ3v) is 6.66. The Labute approximate surface area is 169 Å². The van der Waals surface area contributed by atoms with Gasteiger partial charge in [-0.3, -0.25) is 4.68 Å². The minimum Gasteiger partial charge on any atom is -0.391 e. The number of sulfonamides is 1. The molecular formula is C19H24N6O3S. The summed E-state index contributed by atoms with van der Waals surface area (Å²) in [6.45, 7) is 1.84. The molecule has 154 valence electrons. The predicted octanol–water partition coefficient (Wildman–Crippen LogP) is 1.28. The molecule has 0 radical (unpaired) electrons. The Bertz CT molecular complexity index is 1090. The standard InChI is InChI=1S/C19H24N6O3S/c1-13-21-19(25(22-13)15-6-4-3-5-7-15)14-8-9-18(26)17(10-14)23-29(27,28)16-11-20-24(2)12-16/h3-7,11-12,14,17-18,23,26H,8-10H2,1-2H3/t14-,17+,18+/m0/s1. The van der Waals surface area contributed by atoms with E-state index < -0.39 is 22.2 Å². The first kappa shape index (κ1) is 19.7. The highest BCUT2D eigenvalue weighted by atomic mass is 32.2. The quantitative estimate of drug-likeness (QED) is 0.648. The van der Waals surface area contributed by atoms with Crippen molar-refractivity contribution in [2.24, 2.45) is 7.05 Å². The van der Waals surface area contributed by atoms with Gasteiger partial charge >= 0.3 is 0 Å². The normalized spacial score (nSPS) is 22.7. The summed E-state index contributed by atoms with van der Waals surface area (Å²) >= 11 is 0. The number of aliphatic hydroxyl groups excluding tert-OH is 1. The highest BCUT2D eigenvalue weighted by molar-refractivity contribution is 7.89. The van der Waals surface area contributed by atoms with Crippen LogP contribution < -0.4 is 4.72 Å². The van der Waals surface area contributed by atoms with Gasteiger partial charge in [0.1, 0.15) is 16.5 Å². The van der Waals surface area contributed by atoms with Gasteiger partial charge in [-0.25, -0.2) is 22.8 Å². The van der Waals surface area contributed by atoms with Crippen molar-refractivity contribution in [1.82, 2.24) is 29.3 Å². The zero-order valence-electron chi connectivity index (χ0n) is 16.3. The van der Waals surface area contributed by atoms with Gasteiger partial charge in [-0.05, 0) is 38.3 Å². The van der Waals surface area contributed by atoms with Gasteiger partial charge in [0.2, 0.25) is 10.0 Å². The molecule has 1 fully saturated rings. The SMILES string of the molecule is Cc1nc([C@H]2CC[C@@H](O)[C@H](NS(=O)(=O)c3cnn(C)c3)C2)n(-c2ccccc2)n1. The van der Waals surface area contributed by atoms with Crippen molar-refractivity contribution in [1.29, 1.82) is 0 Å². The summed E-state index contributed by atoms with van der Waals surface area (Å²) in [6, 6.07) is 9.11. The Hall–Kier alpha value is -2.56. The van der Waals surface area contributed by atoms with Gasteiger partial charge in [-0.2, -0.15) is 10.2 Å². The number of nitrogens with one attached hydrogen (secondary N) is 1. The molecule has 3 aromatic rings. The number of hydrogen-bond acceptors (Lipinski definition) is 6. The van der Waals surface area contributed by atoms with Gasteiger partial charge in [0, 0.05) is 25.2 Å². The monoisotopic (exact) mass is 416 g/mol. The lowest BCUT2D eigenvalue weighted by atomic mass is 9.83. The van der Waals surface area contributed by atoms with E-state index in [2.05, 4.69) is 19.9 Å². The molecular weight excluding hydrogens is 392 g/mol. The molecule has 1 aliphatic carbocycles. The van der Waals surface area contributed by atoms with Crippen LogP contribution in [0.1, 0.15) is 36.8 Å². The van der Waals surface area contributed by atoms with E-state index in [1.807, 2.05) is 41.9 Å². The number of aliphatic hydroxyl groups is 1. The number of aromatic nitrogens is 5. The average molecular weight is 417 g/mol. The van der Waals surface area contributed by atoms with Crippen molar-refractivity contribution in [3.63, 3.8) is 0 Å². The van der Waals surface area contributed by atoms with E-state index in [0.29, 0.717) is 25.1 Å². The number of rotatable bonds is 5. The van der Waals surface area contributed by atoms with Crippen LogP contribution in [0.4, 0.5) is 0 Å². The molecule has 3 atom stereocenters. The van der Waals surface area contributed by atoms with Crippen LogP contribution in [0.5, 0.6) is 0 Å². The van der Waals surface area contributed by atoms with Gasteiger partial charge in [0.05, 0.1) is 18.0 Å². The first-order valence-corrected chi connectivity index (χ1v) is 11.0. The van der Waals surface area contributed by atoms with E-state index in [-0.39, 0.29) is 10.8 Å². The number of benzene rings is 1. The Balaban J connectivity index is 1.59. The summed E-state index contributed by atoms with van der Waals surface area (Å²) in [6.07, 6.45) is 3.59. The van der Waals surface area contributed by atoms with E-state index in [1.165, 1.54) is 17.1 Å². The van der Waals surface area contributed by atoms with E-state index in [9.17, 15) is 13.5 Å². The minimum absolute atomic E-state index is 0.0265. The lowest BCUT2D eigenvalue weighted by Crippen LogP contribution is -2.46. The van der Waals surface area contributed by atoms with E-state index >= 15 is 0 Å². The van der Waals surface area contributed by atoms with Crippen LogP contribution in [-0.4, -0.2) is 50.2 Å². The topological polar surface area (TPSA) is 115 Å². The molecule has 0 aliphatic heterocycles. The molecule has 10 heteroatoms. The van der Waals surface area contributed by atoms with Crippen LogP contribution in [0, 0.1) is 6.92 Å². The molecule has 1 aromatic carbocycles. The van der Waals surface area contributed by atoms with Gasteiger partial charge < -0.3 is 5.11 Å². The second kappa shape index (κ2) is 7.69. The lowest BCUT2D eigenvalue weighted by molar-refractivity contribution is 0.0918. The third-order valence-electron chi connectivity index (χ3n) is 5.22. The van der Waals surface area contributed by atoms with Crippen molar-refractivity contribution in [3.05, 3.63) is 54.4 Å².